The Kier molecular flexibility index (Phi) is 6.83. The number of nitrogens with zero attached hydrogens (tertiary/aromatic N) is 2. The predicted molar refractivity (Wildman–Crippen MR) is 74.2 cm³/mol. The highest BCUT2D eigenvalue weighted by molar-refractivity contribution is 6.31. The molecule has 1 rings (SSSR count). The van der Waals surface area contributed by atoms with Crippen molar-refractivity contribution >= 4 is 17.5 Å². The van der Waals surface area contributed by atoms with Gasteiger partial charge in [0.25, 0.3) is 0 Å². The summed E-state index contributed by atoms with van der Waals surface area (Å²) in [6, 6.07) is 0. The summed E-state index contributed by atoms with van der Waals surface area (Å²) in [7, 11) is 3.45. The van der Waals surface area contributed by atoms with E-state index in [9.17, 15) is 4.79 Å². The Morgan fingerprint density at radius 2 is 2.26 bits per heavy atom. The van der Waals surface area contributed by atoms with Crippen LogP contribution in [0.4, 0.5) is 0 Å². The Labute approximate surface area is 118 Å². The summed E-state index contributed by atoms with van der Waals surface area (Å²) < 4.78 is 6.60. The molecule has 0 radical (unpaired) electrons. The summed E-state index contributed by atoms with van der Waals surface area (Å²) in [5.74, 6) is -0.0638. The van der Waals surface area contributed by atoms with Crippen molar-refractivity contribution in [3.63, 3.8) is 0 Å². The Morgan fingerprint density at radius 1 is 1.53 bits per heavy atom. The molecule has 1 amide bonds. The van der Waals surface area contributed by atoms with Gasteiger partial charge in [-0.1, -0.05) is 18.5 Å². The molecule has 0 bridgehead atoms. The molecule has 7 heteroatoms. The van der Waals surface area contributed by atoms with Gasteiger partial charge in [0.1, 0.15) is 0 Å². The molecule has 0 aliphatic carbocycles. The van der Waals surface area contributed by atoms with E-state index >= 15 is 0 Å². The highest BCUT2D eigenvalue weighted by Crippen LogP contribution is 2.20. The molecule has 0 aliphatic rings. The Balaban J connectivity index is 2.37. The fourth-order valence-electron chi connectivity index (χ4n) is 1.66. The summed E-state index contributed by atoms with van der Waals surface area (Å²) in [6.45, 7) is 3.80. The number of carbonyl (C=O) groups is 1. The van der Waals surface area contributed by atoms with Crippen LogP contribution in [-0.4, -0.2) is 42.5 Å². The smallest absolute Gasteiger partial charge is 0.234 e. The lowest BCUT2D eigenvalue weighted by molar-refractivity contribution is -0.120. The molecule has 1 heterocycles. The molecular formula is C12H21ClN4O2. The van der Waals surface area contributed by atoms with E-state index < -0.39 is 0 Å². The number of methoxy groups -OCH3 is 1. The molecule has 1 aromatic heterocycles. The van der Waals surface area contributed by atoms with Gasteiger partial charge in [0, 0.05) is 27.2 Å². The van der Waals surface area contributed by atoms with Gasteiger partial charge in [-0.25, -0.2) is 0 Å². The van der Waals surface area contributed by atoms with Crippen LogP contribution >= 0.6 is 11.6 Å². The minimum absolute atomic E-state index is 0.0638. The van der Waals surface area contributed by atoms with Crippen LogP contribution in [0.2, 0.25) is 5.02 Å². The number of halogens is 1. The zero-order valence-electron chi connectivity index (χ0n) is 11.6. The molecule has 0 atom stereocenters. The van der Waals surface area contributed by atoms with Crippen molar-refractivity contribution in [1.29, 1.82) is 0 Å². The number of hydrogen-bond acceptors (Lipinski definition) is 4. The zero-order valence-corrected chi connectivity index (χ0v) is 12.4. The number of rotatable bonds is 8. The van der Waals surface area contributed by atoms with Gasteiger partial charge in [0.2, 0.25) is 5.91 Å². The largest absolute Gasteiger partial charge is 0.383 e. The third kappa shape index (κ3) is 4.81. The van der Waals surface area contributed by atoms with E-state index in [2.05, 4.69) is 15.7 Å². The molecule has 0 fully saturated rings. The lowest BCUT2D eigenvalue weighted by Crippen LogP contribution is -2.35. The van der Waals surface area contributed by atoms with Crippen molar-refractivity contribution in [2.24, 2.45) is 7.05 Å². The predicted octanol–water partition coefficient (Wildman–Crippen LogP) is 0.488. The minimum atomic E-state index is -0.0638. The van der Waals surface area contributed by atoms with E-state index in [4.69, 9.17) is 16.3 Å². The number of nitrogens with one attached hydrogen (secondary N) is 2. The maximum atomic E-state index is 11.5. The van der Waals surface area contributed by atoms with Gasteiger partial charge in [-0.3, -0.25) is 9.48 Å². The molecule has 6 nitrogen and oxygen atoms in total. The topological polar surface area (TPSA) is 68.2 Å². The normalized spacial score (nSPS) is 10.7. The number of amides is 1. The standard InChI is InChI=1S/C12H21ClN4O2/c1-4-9-12(13)10(17(2)16-9)7-14-8-11(18)15-5-6-19-3/h14H,4-8H2,1-3H3,(H,15,18). The van der Waals surface area contributed by atoms with Crippen LogP contribution < -0.4 is 10.6 Å². The van der Waals surface area contributed by atoms with Crippen molar-refractivity contribution in [1.82, 2.24) is 20.4 Å². The second kappa shape index (κ2) is 8.14. The minimum Gasteiger partial charge on any atom is -0.383 e. The second-order valence-electron chi connectivity index (χ2n) is 4.13. The first-order valence-electron chi connectivity index (χ1n) is 6.26. The van der Waals surface area contributed by atoms with E-state index in [-0.39, 0.29) is 12.5 Å². The number of hydrogen-bond donors (Lipinski definition) is 2. The van der Waals surface area contributed by atoms with Crippen molar-refractivity contribution in [2.75, 3.05) is 26.8 Å². The van der Waals surface area contributed by atoms with E-state index in [0.717, 1.165) is 17.8 Å². The van der Waals surface area contributed by atoms with Crippen LogP contribution in [0.15, 0.2) is 0 Å². The van der Waals surface area contributed by atoms with E-state index in [0.29, 0.717) is 24.7 Å². The summed E-state index contributed by atoms with van der Waals surface area (Å²) >= 11 is 6.21. The molecule has 19 heavy (non-hydrogen) atoms. The van der Waals surface area contributed by atoms with Crippen LogP contribution in [-0.2, 0) is 29.5 Å². The number of ether oxygens (including phenoxy) is 1. The van der Waals surface area contributed by atoms with Crippen LogP contribution in [0.3, 0.4) is 0 Å². The lowest BCUT2D eigenvalue weighted by Gasteiger charge is -2.07. The van der Waals surface area contributed by atoms with Gasteiger partial charge in [0.15, 0.2) is 0 Å². The van der Waals surface area contributed by atoms with Crippen LogP contribution in [0.1, 0.15) is 18.3 Å². The van der Waals surface area contributed by atoms with E-state index in [1.807, 2.05) is 14.0 Å². The maximum Gasteiger partial charge on any atom is 0.234 e. The van der Waals surface area contributed by atoms with Gasteiger partial charge in [-0.05, 0) is 6.42 Å². The van der Waals surface area contributed by atoms with Gasteiger partial charge < -0.3 is 15.4 Å². The monoisotopic (exact) mass is 288 g/mol. The summed E-state index contributed by atoms with van der Waals surface area (Å²) in [5, 5.41) is 10.8. The third-order valence-electron chi connectivity index (χ3n) is 2.71. The summed E-state index contributed by atoms with van der Waals surface area (Å²) in [4.78, 5) is 11.5. The maximum absolute atomic E-state index is 11.5. The number of carbonyl (C=O) groups excluding carboxylic acids is 1. The summed E-state index contributed by atoms with van der Waals surface area (Å²) in [6.07, 6.45) is 0.796. The molecule has 0 aromatic carbocycles. The molecule has 1 aromatic rings. The third-order valence-corrected chi connectivity index (χ3v) is 3.15. The highest BCUT2D eigenvalue weighted by atomic mass is 35.5. The average molecular weight is 289 g/mol. The molecule has 0 saturated heterocycles. The van der Waals surface area contributed by atoms with Crippen molar-refractivity contribution in [3.05, 3.63) is 16.4 Å². The fraction of sp³-hybridized carbons (Fsp3) is 0.667. The molecule has 0 unspecified atom stereocenters. The van der Waals surface area contributed by atoms with E-state index in [1.54, 1.807) is 11.8 Å². The molecular weight excluding hydrogens is 268 g/mol. The van der Waals surface area contributed by atoms with Gasteiger partial charge in [-0.2, -0.15) is 5.10 Å². The van der Waals surface area contributed by atoms with Crippen molar-refractivity contribution in [3.8, 4) is 0 Å². The Hall–Kier alpha value is -1.11. The van der Waals surface area contributed by atoms with Crippen molar-refractivity contribution in [2.45, 2.75) is 19.9 Å². The lowest BCUT2D eigenvalue weighted by atomic mass is 10.3. The van der Waals surface area contributed by atoms with Crippen LogP contribution in [0.25, 0.3) is 0 Å². The Morgan fingerprint density at radius 3 is 2.84 bits per heavy atom. The van der Waals surface area contributed by atoms with E-state index in [1.165, 1.54) is 0 Å². The van der Waals surface area contributed by atoms with Crippen LogP contribution in [0.5, 0.6) is 0 Å². The summed E-state index contributed by atoms with van der Waals surface area (Å²) in [5.41, 5.74) is 1.77. The van der Waals surface area contributed by atoms with Gasteiger partial charge in [0.05, 0.1) is 29.6 Å². The van der Waals surface area contributed by atoms with Gasteiger partial charge in [-0.15, -0.1) is 0 Å². The molecule has 2 N–H and O–H groups in total. The molecule has 0 spiro atoms. The number of aromatic nitrogens is 2. The van der Waals surface area contributed by atoms with Crippen LogP contribution in [0, 0.1) is 0 Å². The molecule has 0 aliphatic heterocycles. The average Bonchev–Trinajstić information content (AvgIpc) is 2.66. The first-order chi connectivity index (χ1) is 9.10. The fourth-order valence-corrected chi connectivity index (χ4v) is 2.02. The first-order valence-corrected chi connectivity index (χ1v) is 6.64. The van der Waals surface area contributed by atoms with Crippen molar-refractivity contribution < 1.29 is 9.53 Å². The first kappa shape index (κ1) is 15.9. The quantitative estimate of drug-likeness (QED) is 0.683. The highest BCUT2D eigenvalue weighted by Gasteiger charge is 2.12. The Bertz CT molecular complexity index is 420. The SMILES string of the molecule is CCc1nn(C)c(CNCC(=O)NCCOC)c1Cl. The molecule has 0 saturated carbocycles. The molecule has 108 valence electrons. The zero-order chi connectivity index (χ0) is 14.3. The van der Waals surface area contributed by atoms with Gasteiger partial charge >= 0.3 is 0 Å². The second-order valence-corrected chi connectivity index (χ2v) is 4.51. The number of aryl methyl sites for hydroxylation is 2.